The van der Waals surface area contributed by atoms with Gasteiger partial charge in [-0.2, -0.15) is 0 Å². The van der Waals surface area contributed by atoms with Crippen LogP contribution in [0.5, 0.6) is 0 Å². The molecular formula is C15H22N2O4. The van der Waals surface area contributed by atoms with E-state index in [0.717, 1.165) is 25.7 Å². The van der Waals surface area contributed by atoms with Crippen LogP contribution in [-0.2, 0) is 19.1 Å². The Morgan fingerprint density at radius 1 is 1.29 bits per heavy atom. The van der Waals surface area contributed by atoms with E-state index in [9.17, 15) is 14.4 Å². The molecule has 1 aliphatic carbocycles. The molecule has 1 saturated heterocycles. The fourth-order valence-corrected chi connectivity index (χ4v) is 2.90. The van der Waals surface area contributed by atoms with Crippen LogP contribution in [0.15, 0.2) is 12.2 Å². The minimum atomic E-state index is -0.489. The zero-order valence-electron chi connectivity index (χ0n) is 12.3. The van der Waals surface area contributed by atoms with Crippen LogP contribution in [0.1, 0.15) is 32.1 Å². The van der Waals surface area contributed by atoms with E-state index in [0.29, 0.717) is 13.0 Å². The van der Waals surface area contributed by atoms with E-state index in [4.69, 9.17) is 0 Å². The number of ether oxygens (including phenoxy) is 1. The highest BCUT2D eigenvalue weighted by Gasteiger charge is 2.36. The highest BCUT2D eigenvalue weighted by Crippen LogP contribution is 2.25. The van der Waals surface area contributed by atoms with Crippen molar-refractivity contribution < 1.29 is 19.1 Å². The number of nitrogens with one attached hydrogen (secondary N) is 1. The van der Waals surface area contributed by atoms with E-state index < -0.39 is 12.0 Å². The number of amides is 2. The minimum Gasteiger partial charge on any atom is -0.468 e. The third-order valence-electron chi connectivity index (χ3n) is 4.09. The highest BCUT2D eigenvalue weighted by atomic mass is 16.5. The zero-order valence-corrected chi connectivity index (χ0v) is 12.3. The van der Waals surface area contributed by atoms with Crippen LogP contribution in [0.3, 0.4) is 0 Å². The molecular weight excluding hydrogens is 272 g/mol. The number of hydrogen-bond donors (Lipinski definition) is 1. The summed E-state index contributed by atoms with van der Waals surface area (Å²) < 4.78 is 4.49. The van der Waals surface area contributed by atoms with Crippen molar-refractivity contribution in [2.75, 3.05) is 20.2 Å². The molecule has 2 rings (SSSR count). The van der Waals surface area contributed by atoms with Gasteiger partial charge in [-0.25, -0.2) is 0 Å². The Morgan fingerprint density at radius 2 is 2.10 bits per heavy atom. The summed E-state index contributed by atoms with van der Waals surface area (Å²) in [6.07, 6.45) is 8.13. The average Bonchev–Trinajstić information content (AvgIpc) is 3.01. The lowest BCUT2D eigenvalue weighted by Crippen LogP contribution is -2.48. The summed E-state index contributed by atoms with van der Waals surface area (Å²) in [5.41, 5.74) is 0. The zero-order chi connectivity index (χ0) is 15.2. The predicted molar refractivity (Wildman–Crippen MR) is 76.2 cm³/mol. The third kappa shape index (κ3) is 3.83. The summed E-state index contributed by atoms with van der Waals surface area (Å²) in [7, 11) is 1.27. The SMILES string of the molecule is COC(=O)CNC(=O)C1CCCN1C(=O)C1CC=CCC1. The van der Waals surface area contributed by atoms with Gasteiger partial charge < -0.3 is 15.0 Å². The maximum absolute atomic E-state index is 12.5. The summed E-state index contributed by atoms with van der Waals surface area (Å²) in [5, 5.41) is 2.54. The predicted octanol–water partition coefficient (Wildman–Crippen LogP) is 0.623. The van der Waals surface area contributed by atoms with Crippen LogP contribution in [0, 0.1) is 5.92 Å². The van der Waals surface area contributed by atoms with E-state index in [-0.39, 0.29) is 24.3 Å². The topological polar surface area (TPSA) is 75.7 Å². The molecule has 116 valence electrons. The lowest BCUT2D eigenvalue weighted by Gasteiger charge is -2.28. The first kappa shape index (κ1) is 15.5. The number of carbonyl (C=O) groups is 3. The molecule has 6 nitrogen and oxygen atoms in total. The monoisotopic (exact) mass is 294 g/mol. The number of allylic oxidation sites excluding steroid dienone is 2. The van der Waals surface area contributed by atoms with Crippen LogP contribution >= 0.6 is 0 Å². The minimum absolute atomic E-state index is 0.0102. The maximum atomic E-state index is 12.5. The molecule has 2 amide bonds. The summed E-state index contributed by atoms with van der Waals surface area (Å²) in [6.45, 7) is 0.468. The van der Waals surface area contributed by atoms with Gasteiger partial charge in [0.25, 0.3) is 0 Å². The summed E-state index contributed by atoms with van der Waals surface area (Å²) in [6, 6.07) is -0.451. The number of rotatable bonds is 4. The lowest BCUT2D eigenvalue weighted by molar-refractivity contribution is -0.144. The van der Waals surface area contributed by atoms with Gasteiger partial charge in [0.05, 0.1) is 7.11 Å². The van der Waals surface area contributed by atoms with Gasteiger partial charge in [0.15, 0.2) is 0 Å². The molecule has 1 fully saturated rings. The number of esters is 1. The second-order valence-electron chi connectivity index (χ2n) is 5.46. The second kappa shape index (κ2) is 7.24. The van der Waals surface area contributed by atoms with E-state index in [1.165, 1.54) is 7.11 Å². The number of nitrogens with zero attached hydrogens (tertiary/aromatic N) is 1. The van der Waals surface area contributed by atoms with Crippen LogP contribution in [0.25, 0.3) is 0 Å². The molecule has 21 heavy (non-hydrogen) atoms. The Kier molecular flexibility index (Phi) is 5.36. The molecule has 1 N–H and O–H groups in total. The second-order valence-corrected chi connectivity index (χ2v) is 5.46. The van der Waals surface area contributed by atoms with E-state index >= 15 is 0 Å². The van der Waals surface area contributed by atoms with Crippen molar-refractivity contribution in [3.63, 3.8) is 0 Å². The number of likely N-dealkylation sites (tertiary alicyclic amines) is 1. The first-order chi connectivity index (χ1) is 10.1. The molecule has 0 bridgehead atoms. The Hall–Kier alpha value is -1.85. The molecule has 0 saturated carbocycles. The van der Waals surface area contributed by atoms with Gasteiger partial charge in [-0.05, 0) is 32.1 Å². The fraction of sp³-hybridized carbons (Fsp3) is 0.667. The van der Waals surface area contributed by atoms with Gasteiger partial charge in [-0.1, -0.05) is 12.2 Å². The Balaban J connectivity index is 1.92. The summed E-state index contributed by atoms with van der Waals surface area (Å²) in [5.74, 6) is -0.701. The van der Waals surface area contributed by atoms with Crippen molar-refractivity contribution in [3.8, 4) is 0 Å². The largest absolute Gasteiger partial charge is 0.468 e. The van der Waals surface area contributed by atoms with Gasteiger partial charge in [-0.15, -0.1) is 0 Å². The standard InChI is InChI=1S/C15H22N2O4/c1-21-13(18)10-16-14(19)12-8-5-9-17(12)15(20)11-6-3-2-4-7-11/h2-3,11-12H,4-10H2,1H3,(H,16,19). The summed E-state index contributed by atoms with van der Waals surface area (Å²) >= 11 is 0. The molecule has 0 spiro atoms. The van der Waals surface area contributed by atoms with Gasteiger partial charge in [0, 0.05) is 12.5 Å². The van der Waals surface area contributed by atoms with E-state index in [1.54, 1.807) is 4.90 Å². The summed E-state index contributed by atoms with van der Waals surface area (Å²) in [4.78, 5) is 37.4. The molecule has 0 aromatic rings. The molecule has 2 aliphatic rings. The quantitative estimate of drug-likeness (QED) is 0.609. The lowest BCUT2D eigenvalue weighted by atomic mass is 9.93. The van der Waals surface area contributed by atoms with Crippen molar-refractivity contribution in [3.05, 3.63) is 12.2 Å². The van der Waals surface area contributed by atoms with Crippen LogP contribution in [0.2, 0.25) is 0 Å². The number of carbonyl (C=O) groups excluding carboxylic acids is 3. The molecule has 0 radical (unpaired) electrons. The van der Waals surface area contributed by atoms with Crippen molar-refractivity contribution in [2.24, 2.45) is 5.92 Å². The first-order valence-corrected chi connectivity index (χ1v) is 7.43. The van der Waals surface area contributed by atoms with Crippen molar-refractivity contribution in [1.29, 1.82) is 0 Å². The van der Waals surface area contributed by atoms with Gasteiger partial charge in [0.2, 0.25) is 11.8 Å². The van der Waals surface area contributed by atoms with Gasteiger partial charge >= 0.3 is 5.97 Å². The Labute approximate surface area is 124 Å². The number of methoxy groups -OCH3 is 1. The van der Waals surface area contributed by atoms with Crippen LogP contribution in [0.4, 0.5) is 0 Å². The van der Waals surface area contributed by atoms with Crippen molar-refractivity contribution in [2.45, 2.75) is 38.1 Å². The molecule has 6 heteroatoms. The molecule has 0 aromatic carbocycles. The molecule has 2 atom stereocenters. The first-order valence-electron chi connectivity index (χ1n) is 7.43. The Bertz CT molecular complexity index is 447. The number of hydrogen-bond acceptors (Lipinski definition) is 4. The van der Waals surface area contributed by atoms with E-state index in [2.05, 4.69) is 16.1 Å². The van der Waals surface area contributed by atoms with Crippen molar-refractivity contribution in [1.82, 2.24) is 10.2 Å². The van der Waals surface area contributed by atoms with E-state index in [1.807, 2.05) is 6.08 Å². The third-order valence-corrected chi connectivity index (χ3v) is 4.09. The van der Waals surface area contributed by atoms with Gasteiger partial charge in [0.1, 0.15) is 12.6 Å². The molecule has 1 heterocycles. The molecule has 1 aliphatic heterocycles. The fourth-order valence-electron chi connectivity index (χ4n) is 2.90. The average molecular weight is 294 g/mol. The Morgan fingerprint density at radius 3 is 2.76 bits per heavy atom. The van der Waals surface area contributed by atoms with Gasteiger partial charge in [-0.3, -0.25) is 14.4 Å². The normalized spacial score (nSPS) is 24.7. The molecule has 0 aromatic heterocycles. The highest BCUT2D eigenvalue weighted by molar-refractivity contribution is 5.90. The van der Waals surface area contributed by atoms with Crippen molar-refractivity contribution >= 4 is 17.8 Å². The van der Waals surface area contributed by atoms with Crippen LogP contribution in [-0.4, -0.2) is 48.9 Å². The molecule has 2 unspecified atom stereocenters. The van der Waals surface area contributed by atoms with Crippen LogP contribution < -0.4 is 5.32 Å². The maximum Gasteiger partial charge on any atom is 0.325 e. The smallest absolute Gasteiger partial charge is 0.325 e.